The van der Waals surface area contributed by atoms with Gasteiger partial charge in [0.1, 0.15) is 11.5 Å². The normalized spacial score (nSPS) is 19.5. The van der Waals surface area contributed by atoms with Gasteiger partial charge >= 0.3 is 5.97 Å². The number of hydrogen-bond donors (Lipinski definition) is 0. The van der Waals surface area contributed by atoms with Gasteiger partial charge in [0.05, 0.1) is 24.9 Å². The third-order valence-corrected chi connectivity index (χ3v) is 4.23. The summed E-state index contributed by atoms with van der Waals surface area (Å²) in [6.07, 6.45) is 4.07. The van der Waals surface area contributed by atoms with Gasteiger partial charge in [0.2, 0.25) is 0 Å². The zero-order valence-corrected chi connectivity index (χ0v) is 12.7. The summed E-state index contributed by atoms with van der Waals surface area (Å²) in [5, 5.41) is 0. The average Bonchev–Trinajstić information content (AvgIpc) is 3.11. The molecular weight excluding hydrogens is 266 g/mol. The number of hydrogen-bond acceptors (Lipinski definition) is 4. The molecule has 5 nitrogen and oxygen atoms in total. The molecule has 3 rings (SSSR count). The van der Waals surface area contributed by atoms with E-state index in [1.165, 1.54) is 7.11 Å². The van der Waals surface area contributed by atoms with Crippen molar-refractivity contribution in [3.8, 4) is 0 Å². The summed E-state index contributed by atoms with van der Waals surface area (Å²) in [5.41, 5.74) is 1.47. The van der Waals surface area contributed by atoms with Crippen LogP contribution in [0.25, 0.3) is 5.52 Å². The van der Waals surface area contributed by atoms with Gasteiger partial charge in [0, 0.05) is 6.04 Å². The van der Waals surface area contributed by atoms with Gasteiger partial charge in [-0.1, -0.05) is 6.07 Å². The third-order valence-electron chi connectivity index (χ3n) is 4.23. The van der Waals surface area contributed by atoms with E-state index in [1.54, 1.807) is 6.07 Å². The predicted molar refractivity (Wildman–Crippen MR) is 80.3 cm³/mol. The van der Waals surface area contributed by atoms with Crippen LogP contribution in [0.4, 0.5) is 0 Å². The molecule has 1 unspecified atom stereocenters. The second-order valence-electron chi connectivity index (χ2n) is 5.77. The molecule has 21 heavy (non-hydrogen) atoms. The first-order valence-electron chi connectivity index (χ1n) is 7.44. The Morgan fingerprint density at radius 1 is 1.43 bits per heavy atom. The molecule has 0 N–H and O–H groups in total. The van der Waals surface area contributed by atoms with E-state index in [2.05, 4.69) is 23.7 Å². The van der Waals surface area contributed by atoms with Gasteiger partial charge in [0.15, 0.2) is 0 Å². The Hall–Kier alpha value is -1.88. The zero-order valence-electron chi connectivity index (χ0n) is 12.7. The fourth-order valence-electron chi connectivity index (χ4n) is 3.26. The first-order chi connectivity index (χ1) is 10.1. The highest BCUT2D eigenvalue weighted by molar-refractivity contribution is 5.88. The molecule has 5 heteroatoms. The number of aromatic nitrogens is 2. The molecule has 0 spiro atoms. The van der Waals surface area contributed by atoms with Crippen molar-refractivity contribution in [3.63, 3.8) is 0 Å². The predicted octanol–water partition coefficient (Wildman–Crippen LogP) is 2.67. The van der Waals surface area contributed by atoms with Crippen LogP contribution in [-0.2, 0) is 4.74 Å². The number of imidazole rings is 1. The molecule has 0 amide bonds. The lowest BCUT2D eigenvalue weighted by molar-refractivity contribution is 0.0591. The average molecular weight is 287 g/mol. The van der Waals surface area contributed by atoms with Crippen LogP contribution in [0.5, 0.6) is 0 Å². The van der Waals surface area contributed by atoms with E-state index in [1.807, 2.05) is 22.7 Å². The van der Waals surface area contributed by atoms with Gasteiger partial charge in [-0.15, -0.1) is 0 Å². The van der Waals surface area contributed by atoms with Crippen LogP contribution in [0.3, 0.4) is 0 Å². The maximum atomic E-state index is 12.0. The Balaban J connectivity index is 2.13. The van der Waals surface area contributed by atoms with Crippen LogP contribution in [-0.4, -0.2) is 40.0 Å². The first kappa shape index (κ1) is 14.1. The number of likely N-dealkylation sites (tertiary alicyclic amines) is 1. The molecular formula is C16H21N3O2. The topological polar surface area (TPSA) is 46.8 Å². The molecule has 1 saturated heterocycles. The minimum atomic E-state index is -0.325. The summed E-state index contributed by atoms with van der Waals surface area (Å²) in [4.78, 5) is 19.1. The Labute approximate surface area is 124 Å². The molecule has 0 saturated carbocycles. The van der Waals surface area contributed by atoms with E-state index < -0.39 is 0 Å². The number of fused-ring (bicyclic) bond motifs is 1. The number of nitrogens with zero attached hydrogens (tertiary/aromatic N) is 3. The van der Waals surface area contributed by atoms with Gasteiger partial charge in [-0.2, -0.15) is 0 Å². The lowest BCUT2D eigenvalue weighted by Gasteiger charge is -2.27. The highest BCUT2D eigenvalue weighted by atomic mass is 16.5. The maximum Gasteiger partial charge on any atom is 0.355 e. The molecule has 1 aliphatic heterocycles. The molecule has 2 aromatic heterocycles. The monoisotopic (exact) mass is 287 g/mol. The summed E-state index contributed by atoms with van der Waals surface area (Å²) in [6, 6.07) is 6.35. The quantitative estimate of drug-likeness (QED) is 0.814. The van der Waals surface area contributed by atoms with Crippen molar-refractivity contribution in [1.82, 2.24) is 14.3 Å². The van der Waals surface area contributed by atoms with Crippen molar-refractivity contribution in [2.24, 2.45) is 0 Å². The van der Waals surface area contributed by atoms with Crippen molar-refractivity contribution < 1.29 is 9.53 Å². The summed E-state index contributed by atoms with van der Waals surface area (Å²) in [5.74, 6) is 0.617. The number of pyridine rings is 1. The summed E-state index contributed by atoms with van der Waals surface area (Å²) < 4.78 is 6.85. The fourth-order valence-corrected chi connectivity index (χ4v) is 3.26. The van der Waals surface area contributed by atoms with Crippen molar-refractivity contribution in [1.29, 1.82) is 0 Å². The van der Waals surface area contributed by atoms with Crippen molar-refractivity contribution in [3.05, 3.63) is 35.9 Å². The van der Waals surface area contributed by atoms with Crippen LogP contribution < -0.4 is 0 Å². The number of methoxy groups -OCH3 is 1. The molecule has 1 fully saturated rings. The molecule has 0 aromatic carbocycles. The number of carbonyl (C=O) groups is 1. The Kier molecular flexibility index (Phi) is 3.68. The van der Waals surface area contributed by atoms with E-state index in [-0.39, 0.29) is 12.0 Å². The Morgan fingerprint density at radius 3 is 2.95 bits per heavy atom. The van der Waals surface area contributed by atoms with Gasteiger partial charge in [-0.05, 0) is 45.4 Å². The van der Waals surface area contributed by atoms with E-state index in [9.17, 15) is 4.79 Å². The van der Waals surface area contributed by atoms with E-state index in [4.69, 9.17) is 4.74 Å². The van der Waals surface area contributed by atoms with Crippen molar-refractivity contribution in [2.75, 3.05) is 13.7 Å². The molecule has 1 aliphatic rings. The van der Waals surface area contributed by atoms with Crippen LogP contribution in [0, 0.1) is 0 Å². The Bertz CT molecular complexity index is 663. The number of rotatable bonds is 3. The SMILES string of the molecule is COC(=O)c1cccc2cnc(C3CCCN3C(C)C)n12. The summed E-state index contributed by atoms with van der Waals surface area (Å²) >= 11 is 0. The number of carbonyl (C=O) groups excluding carboxylic acids is 1. The minimum absolute atomic E-state index is 0.262. The van der Waals surface area contributed by atoms with Gasteiger partial charge in [-0.3, -0.25) is 9.30 Å². The van der Waals surface area contributed by atoms with Gasteiger partial charge in [0.25, 0.3) is 0 Å². The minimum Gasteiger partial charge on any atom is -0.464 e. The van der Waals surface area contributed by atoms with Crippen LogP contribution in [0.15, 0.2) is 24.4 Å². The molecule has 0 radical (unpaired) electrons. The smallest absolute Gasteiger partial charge is 0.355 e. The number of esters is 1. The molecule has 0 bridgehead atoms. The molecule has 1 atom stereocenters. The lowest BCUT2D eigenvalue weighted by Crippen LogP contribution is -2.31. The molecule has 0 aliphatic carbocycles. The van der Waals surface area contributed by atoms with Gasteiger partial charge in [-0.25, -0.2) is 9.78 Å². The van der Waals surface area contributed by atoms with Crippen molar-refractivity contribution in [2.45, 2.75) is 38.8 Å². The number of ether oxygens (including phenoxy) is 1. The van der Waals surface area contributed by atoms with E-state index in [0.29, 0.717) is 11.7 Å². The van der Waals surface area contributed by atoms with Crippen LogP contribution in [0.1, 0.15) is 49.0 Å². The zero-order chi connectivity index (χ0) is 15.0. The molecule has 3 heterocycles. The fraction of sp³-hybridized carbons (Fsp3) is 0.500. The van der Waals surface area contributed by atoms with E-state index in [0.717, 1.165) is 30.7 Å². The summed E-state index contributed by atoms with van der Waals surface area (Å²) in [6.45, 7) is 5.49. The largest absolute Gasteiger partial charge is 0.464 e. The Morgan fingerprint density at radius 2 is 2.24 bits per heavy atom. The lowest BCUT2D eigenvalue weighted by atomic mass is 10.2. The summed E-state index contributed by atoms with van der Waals surface area (Å²) in [7, 11) is 1.41. The third kappa shape index (κ3) is 2.31. The first-order valence-corrected chi connectivity index (χ1v) is 7.44. The van der Waals surface area contributed by atoms with Crippen LogP contribution in [0.2, 0.25) is 0 Å². The van der Waals surface area contributed by atoms with Gasteiger partial charge < -0.3 is 4.74 Å². The van der Waals surface area contributed by atoms with E-state index >= 15 is 0 Å². The molecule has 2 aromatic rings. The highest BCUT2D eigenvalue weighted by Gasteiger charge is 2.31. The maximum absolute atomic E-state index is 12.0. The molecule has 112 valence electrons. The second kappa shape index (κ2) is 5.48. The highest BCUT2D eigenvalue weighted by Crippen LogP contribution is 2.33. The van der Waals surface area contributed by atoms with Crippen LogP contribution >= 0.6 is 0 Å². The van der Waals surface area contributed by atoms with Crippen molar-refractivity contribution >= 4 is 11.5 Å². The second-order valence-corrected chi connectivity index (χ2v) is 5.77. The standard InChI is InChI=1S/C16H21N3O2/c1-11(2)18-9-5-8-13(18)15-17-10-12-6-4-7-14(19(12)15)16(20)21-3/h4,6-7,10-11,13H,5,8-9H2,1-3H3.